The molecule has 0 spiro atoms. The Kier molecular flexibility index (Phi) is 4.24. The Labute approximate surface area is 113 Å². The van der Waals surface area contributed by atoms with Gasteiger partial charge in [0.15, 0.2) is 0 Å². The van der Waals surface area contributed by atoms with Gasteiger partial charge in [0.1, 0.15) is 0 Å². The summed E-state index contributed by atoms with van der Waals surface area (Å²) in [5.41, 5.74) is 2.25. The molecule has 0 fully saturated rings. The van der Waals surface area contributed by atoms with Gasteiger partial charge >= 0.3 is 0 Å². The maximum atomic E-state index is 5.63. The van der Waals surface area contributed by atoms with E-state index in [0.717, 1.165) is 5.56 Å². The van der Waals surface area contributed by atoms with Gasteiger partial charge in [-0.25, -0.2) is 0 Å². The van der Waals surface area contributed by atoms with Crippen molar-refractivity contribution in [2.75, 3.05) is 0 Å². The van der Waals surface area contributed by atoms with Gasteiger partial charge in [-0.05, 0) is 23.6 Å². The van der Waals surface area contributed by atoms with Crippen LogP contribution in [0.1, 0.15) is 38.8 Å². The van der Waals surface area contributed by atoms with Crippen molar-refractivity contribution in [3.05, 3.63) is 41.5 Å². The summed E-state index contributed by atoms with van der Waals surface area (Å²) in [5, 5.41) is 1.78. The van der Waals surface area contributed by atoms with Crippen LogP contribution in [-0.4, -0.2) is 8.07 Å². The van der Waals surface area contributed by atoms with E-state index in [1.54, 1.807) is 0 Å². The van der Waals surface area contributed by atoms with Gasteiger partial charge in [-0.15, -0.1) is 6.42 Å². The molecule has 0 nitrogen and oxygen atoms in total. The second-order valence-corrected chi connectivity index (χ2v) is 11.6. The van der Waals surface area contributed by atoms with E-state index in [4.69, 9.17) is 6.42 Å². The second-order valence-electron chi connectivity index (χ2n) is 6.27. The average Bonchev–Trinajstić information content (AvgIpc) is 2.29. The van der Waals surface area contributed by atoms with Gasteiger partial charge in [-0.1, -0.05) is 69.3 Å². The predicted octanol–water partition coefficient (Wildman–Crippen LogP) is 5.12. The van der Waals surface area contributed by atoms with E-state index in [2.05, 4.69) is 64.9 Å². The summed E-state index contributed by atoms with van der Waals surface area (Å²) in [4.78, 5) is 0. The molecule has 0 aliphatic carbocycles. The van der Waals surface area contributed by atoms with Crippen molar-refractivity contribution in [2.45, 2.75) is 45.8 Å². The van der Waals surface area contributed by atoms with E-state index in [0.29, 0.717) is 5.04 Å². The van der Waals surface area contributed by atoms with Crippen molar-refractivity contribution < 1.29 is 0 Å². The number of rotatable bonds is 2. The standard InChI is InChI=1S/C17H24Si/c1-8-14-12-10-11-13-15(14)16(9-2)18(6,7)17(3,4)5/h1,9-13H,2-7H3/b16-9-. The average molecular weight is 256 g/mol. The van der Waals surface area contributed by atoms with Crippen LogP contribution < -0.4 is 0 Å². The highest BCUT2D eigenvalue weighted by Crippen LogP contribution is 2.44. The molecular formula is C17H24Si. The van der Waals surface area contributed by atoms with Crippen molar-refractivity contribution >= 4 is 13.3 Å². The van der Waals surface area contributed by atoms with Gasteiger partial charge in [0.05, 0.1) is 8.07 Å². The first-order valence-electron chi connectivity index (χ1n) is 6.48. The van der Waals surface area contributed by atoms with Crippen LogP contribution in [0, 0.1) is 12.3 Å². The summed E-state index contributed by atoms with van der Waals surface area (Å²) in [5.74, 6) is 2.82. The fraction of sp³-hybridized carbons (Fsp3) is 0.412. The molecule has 1 aromatic carbocycles. The number of allylic oxidation sites excluding steroid dienone is 1. The van der Waals surface area contributed by atoms with Crippen LogP contribution in [-0.2, 0) is 0 Å². The predicted molar refractivity (Wildman–Crippen MR) is 85.2 cm³/mol. The Morgan fingerprint density at radius 1 is 1.22 bits per heavy atom. The van der Waals surface area contributed by atoms with Gasteiger partial charge in [-0.2, -0.15) is 0 Å². The Morgan fingerprint density at radius 2 is 1.78 bits per heavy atom. The summed E-state index contributed by atoms with van der Waals surface area (Å²) < 4.78 is 0. The molecule has 0 atom stereocenters. The molecule has 0 bridgehead atoms. The smallest absolute Gasteiger partial charge is 0.0863 e. The van der Waals surface area contributed by atoms with E-state index in [9.17, 15) is 0 Å². The summed E-state index contributed by atoms with van der Waals surface area (Å²) in [6, 6.07) is 8.28. The van der Waals surface area contributed by atoms with E-state index < -0.39 is 8.07 Å². The van der Waals surface area contributed by atoms with Crippen molar-refractivity contribution in [3.63, 3.8) is 0 Å². The summed E-state index contributed by atoms with van der Waals surface area (Å²) in [6.45, 7) is 14.0. The molecule has 96 valence electrons. The molecule has 0 heterocycles. The third-order valence-electron chi connectivity index (χ3n) is 4.21. The van der Waals surface area contributed by atoms with E-state index in [1.807, 2.05) is 12.1 Å². The monoisotopic (exact) mass is 256 g/mol. The van der Waals surface area contributed by atoms with Crippen molar-refractivity contribution in [1.82, 2.24) is 0 Å². The molecule has 1 heteroatoms. The second kappa shape index (κ2) is 5.16. The number of benzene rings is 1. The Morgan fingerprint density at radius 3 is 2.22 bits per heavy atom. The molecular weight excluding hydrogens is 232 g/mol. The molecule has 0 saturated heterocycles. The quantitative estimate of drug-likeness (QED) is 0.509. The zero-order chi connectivity index (χ0) is 14.0. The van der Waals surface area contributed by atoms with E-state index >= 15 is 0 Å². The Hall–Kier alpha value is -1.26. The van der Waals surface area contributed by atoms with Crippen LogP contribution >= 0.6 is 0 Å². The molecule has 0 amide bonds. The zero-order valence-corrected chi connectivity index (χ0v) is 13.5. The largest absolute Gasteiger partial charge is 0.115 e. The van der Waals surface area contributed by atoms with Crippen molar-refractivity contribution in [2.24, 2.45) is 0 Å². The first kappa shape index (κ1) is 14.8. The Bertz CT molecular complexity index is 493. The minimum absolute atomic E-state index is 0.316. The van der Waals surface area contributed by atoms with Crippen LogP contribution in [0.25, 0.3) is 5.20 Å². The molecule has 0 aliphatic heterocycles. The minimum Gasteiger partial charge on any atom is -0.115 e. The van der Waals surface area contributed by atoms with Crippen LogP contribution in [0.3, 0.4) is 0 Å². The fourth-order valence-electron chi connectivity index (χ4n) is 2.10. The first-order chi connectivity index (χ1) is 8.25. The lowest BCUT2D eigenvalue weighted by atomic mass is 10.1. The maximum Gasteiger partial charge on any atom is 0.0863 e. The highest BCUT2D eigenvalue weighted by molar-refractivity contribution is 6.96. The third kappa shape index (κ3) is 2.59. The fourth-order valence-corrected chi connectivity index (χ4v) is 4.52. The molecule has 1 rings (SSSR count). The van der Waals surface area contributed by atoms with Gasteiger partial charge in [0, 0.05) is 5.56 Å². The lowest BCUT2D eigenvalue weighted by Crippen LogP contribution is -2.39. The lowest BCUT2D eigenvalue weighted by molar-refractivity contribution is 0.730. The highest BCUT2D eigenvalue weighted by Gasteiger charge is 2.39. The summed E-state index contributed by atoms with van der Waals surface area (Å²) in [7, 11) is -1.56. The molecule has 0 unspecified atom stereocenters. The first-order valence-corrected chi connectivity index (χ1v) is 9.48. The van der Waals surface area contributed by atoms with Crippen LogP contribution in [0.5, 0.6) is 0 Å². The normalized spacial score (nSPS) is 13.3. The molecule has 0 N–H and O–H groups in total. The SMILES string of the molecule is C#Cc1ccccc1/C(=C/C)[Si](C)(C)C(C)(C)C. The number of terminal acetylenes is 1. The van der Waals surface area contributed by atoms with Crippen molar-refractivity contribution in [3.8, 4) is 12.3 Å². The highest BCUT2D eigenvalue weighted by atomic mass is 28.3. The molecule has 0 aromatic heterocycles. The van der Waals surface area contributed by atoms with Crippen LogP contribution in [0.2, 0.25) is 18.1 Å². The third-order valence-corrected chi connectivity index (χ3v) is 9.86. The molecule has 18 heavy (non-hydrogen) atoms. The van der Waals surface area contributed by atoms with Crippen LogP contribution in [0.15, 0.2) is 30.3 Å². The summed E-state index contributed by atoms with van der Waals surface area (Å²) in [6.07, 6.45) is 7.89. The molecule has 0 aliphatic rings. The molecule has 1 aromatic rings. The van der Waals surface area contributed by atoms with Crippen molar-refractivity contribution in [1.29, 1.82) is 0 Å². The Balaban J connectivity index is 3.43. The number of hydrogen-bond donors (Lipinski definition) is 0. The lowest BCUT2D eigenvalue weighted by Gasteiger charge is -2.39. The topological polar surface area (TPSA) is 0 Å². The van der Waals surface area contributed by atoms with Crippen LogP contribution in [0.4, 0.5) is 0 Å². The van der Waals surface area contributed by atoms with E-state index in [1.165, 1.54) is 10.8 Å². The van der Waals surface area contributed by atoms with Gasteiger partial charge in [-0.3, -0.25) is 0 Å². The molecule has 0 radical (unpaired) electrons. The maximum absolute atomic E-state index is 5.63. The van der Waals surface area contributed by atoms with E-state index in [-0.39, 0.29) is 0 Å². The summed E-state index contributed by atoms with van der Waals surface area (Å²) >= 11 is 0. The van der Waals surface area contributed by atoms with Gasteiger partial charge in [0.2, 0.25) is 0 Å². The molecule has 0 saturated carbocycles. The minimum atomic E-state index is -1.56. The van der Waals surface area contributed by atoms with Gasteiger partial charge in [0.25, 0.3) is 0 Å². The van der Waals surface area contributed by atoms with Gasteiger partial charge < -0.3 is 0 Å². The number of hydrogen-bond acceptors (Lipinski definition) is 0. The zero-order valence-electron chi connectivity index (χ0n) is 12.5.